The SMILES string of the molecule is NCc1c(F)ccc(S(=O)(=O)N2CCSCC2)c1F. The van der Waals surface area contributed by atoms with E-state index >= 15 is 0 Å². The van der Waals surface area contributed by atoms with Crippen LogP contribution >= 0.6 is 11.8 Å². The van der Waals surface area contributed by atoms with Crippen LogP contribution < -0.4 is 5.73 Å². The smallest absolute Gasteiger partial charge is 0.246 e. The minimum Gasteiger partial charge on any atom is -0.326 e. The molecule has 1 aromatic carbocycles. The van der Waals surface area contributed by atoms with E-state index in [-0.39, 0.29) is 6.54 Å². The fourth-order valence-corrected chi connectivity index (χ4v) is 4.55. The van der Waals surface area contributed by atoms with E-state index in [1.54, 1.807) is 11.8 Å². The van der Waals surface area contributed by atoms with Crippen LogP contribution in [-0.2, 0) is 16.6 Å². The lowest BCUT2D eigenvalue weighted by molar-refractivity contribution is 0.436. The van der Waals surface area contributed by atoms with Crippen molar-refractivity contribution in [3.8, 4) is 0 Å². The molecule has 1 saturated heterocycles. The highest BCUT2D eigenvalue weighted by Gasteiger charge is 2.30. The van der Waals surface area contributed by atoms with Crippen molar-refractivity contribution in [2.24, 2.45) is 5.73 Å². The highest BCUT2D eigenvalue weighted by Crippen LogP contribution is 2.25. The van der Waals surface area contributed by atoms with Gasteiger partial charge in [-0.1, -0.05) is 0 Å². The molecule has 0 spiro atoms. The van der Waals surface area contributed by atoms with E-state index in [1.807, 2.05) is 0 Å². The van der Waals surface area contributed by atoms with Gasteiger partial charge in [0.2, 0.25) is 10.0 Å². The molecule has 0 unspecified atom stereocenters. The highest BCUT2D eigenvalue weighted by atomic mass is 32.2. The molecular formula is C11H14F2N2O2S2. The van der Waals surface area contributed by atoms with Crippen LogP contribution in [0.1, 0.15) is 5.56 Å². The van der Waals surface area contributed by atoms with Crippen molar-refractivity contribution in [2.45, 2.75) is 11.4 Å². The molecule has 19 heavy (non-hydrogen) atoms. The molecule has 106 valence electrons. The Morgan fingerprint density at radius 2 is 1.89 bits per heavy atom. The average Bonchev–Trinajstić information content (AvgIpc) is 2.40. The lowest BCUT2D eigenvalue weighted by Gasteiger charge is -2.26. The average molecular weight is 308 g/mol. The van der Waals surface area contributed by atoms with Crippen molar-refractivity contribution in [3.63, 3.8) is 0 Å². The molecule has 1 fully saturated rings. The molecule has 0 radical (unpaired) electrons. The van der Waals surface area contributed by atoms with Gasteiger partial charge < -0.3 is 5.73 Å². The Morgan fingerprint density at radius 1 is 1.26 bits per heavy atom. The van der Waals surface area contributed by atoms with E-state index in [9.17, 15) is 17.2 Å². The third-order valence-electron chi connectivity index (χ3n) is 2.94. The van der Waals surface area contributed by atoms with E-state index in [2.05, 4.69) is 0 Å². The van der Waals surface area contributed by atoms with Crippen molar-refractivity contribution in [1.82, 2.24) is 4.31 Å². The molecule has 0 aliphatic carbocycles. The Kier molecular flexibility index (Phi) is 4.44. The molecule has 0 saturated carbocycles. The normalized spacial score (nSPS) is 17.6. The molecule has 0 aromatic heterocycles. The van der Waals surface area contributed by atoms with Crippen molar-refractivity contribution in [2.75, 3.05) is 24.6 Å². The topological polar surface area (TPSA) is 63.4 Å². The van der Waals surface area contributed by atoms with E-state index in [0.29, 0.717) is 24.6 Å². The van der Waals surface area contributed by atoms with Crippen molar-refractivity contribution in [3.05, 3.63) is 29.3 Å². The number of nitrogens with two attached hydrogens (primary N) is 1. The lowest BCUT2D eigenvalue weighted by Crippen LogP contribution is -2.38. The van der Waals surface area contributed by atoms with Crippen LogP contribution in [0.5, 0.6) is 0 Å². The van der Waals surface area contributed by atoms with Gasteiger partial charge in [-0.15, -0.1) is 0 Å². The summed E-state index contributed by atoms with van der Waals surface area (Å²) in [4.78, 5) is -0.499. The molecular weight excluding hydrogens is 294 g/mol. The summed E-state index contributed by atoms with van der Waals surface area (Å²) in [5, 5.41) is 0. The summed E-state index contributed by atoms with van der Waals surface area (Å²) < 4.78 is 53.2. The first-order valence-corrected chi connectivity index (χ1v) is 8.33. The Bertz CT molecular complexity index is 572. The summed E-state index contributed by atoms with van der Waals surface area (Å²) in [6.07, 6.45) is 0. The monoisotopic (exact) mass is 308 g/mol. The second-order valence-corrected chi connectivity index (χ2v) is 7.19. The van der Waals surface area contributed by atoms with Gasteiger partial charge >= 0.3 is 0 Å². The number of benzene rings is 1. The molecule has 4 nitrogen and oxygen atoms in total. The number of rotatable bonds is 3. The summed E-state index contributed by atoms with van der Waals surface area (Å²) >= 11 is 1.64. The van der Waals surface area contributed by atoms with Crippen LogP contribution in [0.15, 0.2) is 17.0 Å². The Hall–Kier alpha value is -0.700. The van der Waals surface area contributed by atoms with Gasteiger partial charge in [-0.05, 0) is 12.1 Å². The van der Waals surface area contributed by atoms with Gasteiger partial charge in [-0.3, -0.25) is 0 Å². The summed E-state index contributed by atoms with van der Waals surface area (Å²) in [5.41, 5.74) is 4.85. The molecule has 1 aliphatic rings. The number of nitrogens with zero attached hydrogens (tertiary/aromatic N) is 1. The zero-order valence-corrected chi connectivity index (χ0v) is 11.7. The first-order valence-electron chi connectivity index (χ1n) is 5.73. The Labute approximate surface area is 115 Å². The maximum absolute atomic E-state index is 14.1. The third kappa shape index (κ3) is 2.76. The van der Waals surface area contributed by atoms with Crippen LogP contribution in [0.3, 0.4) is 0 Å². The number of hydrogen-bond donors (Lipinski definition) is 1. The Balaban J connectivity index is 2.46. The molecule has 0 bridgehead atoms. The third-order valence-corrected chi connectivity index (χ3v) is 5.80. The van der Waals surface area contributed by atoms with Crippen molar-refractivity contribution < 1.29 is 17.2 Å². The fourth-order valence-electron chi connectivity index (χ4n) is 1.89. The molecule has 0 atom stereocenters. The predicted octanol–water partition coefficient (Wildman–Crippen LogP) is 1.16. The van der Waals surface area contributed by atoms with Gasteiger partial charge in [0.05, 0.1) is 0 Å². The van der Waals surface area contributed by atoms with E-state index < -0.39 is 32.1 Å². The second-order valence-electron chi connectivity index (χ2n) is 4.06. The van der Waals surface area contributed by atoms with Gasteiger partial charge in [0.15, 0.2) is 5.82 Å². The summed E-state index contributed by atoms with van der Waals surface area (Å²) in [6, 6.07) is 1.90. The quantitative estimate of drug-likeness (QED) is 0.910. The summed E-state index contributed by atoms with van der Waals surface area (Å²) in [5.74, 6) is -0.564. The van der Waals surface area contributed by atoms with Gasteiger partial charge in [0, 0.05) is 36.7 Å². The van der Waals surface area contributed by atoms with Crippen LogP contribution in [0.4, 0.5) is 8.78 Å². The van der Waals surface area contributed by atoms with Gasteiger partial charge in [-0.2, -0.15) is 16.1 Å². The zero-order valence-electron chi connectivity index (χ0n) is 10.1. The van der Waals surface area contributed by atoms with Gasteiger partial charge in [0.1, 0.15) is 10.7 Å². The summed E-state index contributed by atoms with van der Waals surface area (Å²) in [7, 11) is -3.92. The van der Waals surface area contributed by atoms with Gasteiger partial charge in [0.25, 0.3) is 0 Å². The molecule has 2 rings (SSSR count). The minimum atomic E-state index is -3.92. The van der Waals surface area contributed by atoms with Crippen LogP contribution in [-0.4, -0.2) is 37.3 Å². The molecule has 2 N–H and O–H groups in total. The largest absolute Gasteiger partial charge is 0.326 e. The maximum Gasteiger partial charge on any atom is 0.246 e. The van der Waals surface area contributed by atoms with E-state index in [4.69, 9.17) is 5.73 Å². The highest BCUT2D eigenvalue weighted by molar-refractivity contribution is 7.99. The van der Waals surface area contributed by atoms with E-state index in [0.717, 1.165) is 12.1 Å². The van der Waals surface area contributed by atoms with Crippen LogP contribution in [0.25, 0.3) is 0 Å². The first kappa shape index (κ1) is 14.7. The van der Waals surface area contributed by atoms with Crippen molar-refractivity contribution >= 4 is 21.8 Å². The maximum atomic E-state index is 14.1. The summed E-state index contributed by atoms with van der Waals surface area (Å²) in [6.45, 7) is 0.292. The van der Waals surface area contributed by atoms with Gasteiger partial charge in [-0.25, -0.2) is 17.2 Å². The van der Waals surface area contributed by atoms with Crippen LogP contribution in [0.2, 0.25) is 0 Å². The van der Waals surface area contributed by atoms with Crippen molar-refractivity contribution in [1.29, 1.82) is 0 Å². The zero-order chi connectivity index (χ0) is 14.0. The fraction of sp³-hybridized carbons (Fsp3) is 0.455. The number of sulfonamides is 1. The molecule has 0 amide bonds. The first-order chi connectivity index (χ1) is 8.98. The van der Waals surface area contributed by atoms with Crippen LogP contribution in [0, 0.1) is 11.6 Å². The minimum absolute atomic E-state index is 0.335. The van der Waals surface area contributed by atoms with E-state index in [1.165, 1.54) is 4.31 Å². The molecule has 8 heteroatoms. The number of halogens is 2. The molecule has 1 aromatic rings. The standard InChI is InChI=1S/C11H14F2N2O2S2/c12-9-1-2-10(11(13)8(9)7-14)19(16,17)15-3-5-18-6-4-15/h1-2H,3-7,14H2. The molecule has 1 heterocycles. The second kappa shape index (κ2) is 5.74. The lowest BCUT2D eigenvalue weighted by atomic mass is 10.2. The Morgan fingerprint density at radius 3 is 2.47 bits per heavy atom. The number of thioether (sulfide) groups is 1. The number of hydrogen-bond acceptors (Lipinski definition) is 4. The molecule has 1 aliphatic heterocycles. The predicted molar refractivity (Wildman–Crippen MR) is 70.3 cm³/mol.